The van der Waals surface area contributed by atoms with Gasteiger partial charge in [-0.05, 0) is 30.6 Å². The summed E-state index contributed by atoms with van der Waals surface area (Å²) in [5.74, 6) is 0.877. The van der Waals surface area contributed by atoms with Gasteiger partial charge in [0.1, 0.15) is 0 Å². The number of hydrogen-bond acceptors (Lipinski definition) is 2. The molecule has 0 unspecified atom stereocenters. The van der Waals surface area contributed by atoms with Crippen molar-refractivity contribution >= 4 is 29.9 Å². The van der Waals surface area contributed by atoms with Gasteiger partial charge in [0.15, 0.2) is 5.96 Å². The van der Waals surface area contributed by atoms with Gasteiger partial charge in [0.2, 0.25) is 0 Å². The standard InChI is InChI=1S/C18H32N4.HI/c1-5-8-12-20-18(19-4)21-14-16-10-9-11-17(13-16)15-22(6-2)7-3;/h9-11,13H,5-8,12,14-15H2,1-4H3,(H2,19,20,21);1H. The van der Waals surface area contributed by atoms with Crippen LogP contribution >= 0.6 is 24.0 Å². The van der Waals surface area contributed by atoms with Crippen LogP contribution in [-0.4, -0.2) is 37.5 Å². The molecule has 0 saturated heterocycles. The summed E-state index contributed by atoms with van der Waals surface area (Å²) < 4.78 is 0. The smallest absolute Gasteiger partial charge is 0.191 e. The molecule has 1 rings (SSSR count). The van der Waals surface area contributed by atoms with Crippen LogP contribution in [0.2, 0.25) is 0 Å². The molecule has 1 aromatic rings. The van der Waals surface area contributed by atoms with Crippen molar-refractivity contribution in [2.75, 3.05) is 26.7 Å². The van der Waals surface area contributed by atoms with Crippen molar-refractivity contribution in [2.24, 2.45) is 4.99 Å². The minimum atomic E-state index is 0. The van der Waals surface area contributed by atoms with Crippen LogP contribution in [-0.2, 0) is 13.1 Å². The van der Waals surface area contributed by atoms with Crippen LogP contribution in [0.15, 0.2) is 29.3 Å². The lowest BCUT2D eigenvalue weighted by Gasteiger charge is -2.18. The van der Waals surface area contributed by atoms with E-state index in [-0.39, 0.29) is 24.0 Å². The normalized spacial score (nSPS) is 11.3. The Balaban J connectivity index is 0.00000484. The molecule has 0 bridgehead atoms. The quantitative estimate of drug-likeness (QED) is 0.271. The van der Waals surface area contributed by atoms with Crippen molar-refractivity contribution in [1.82, 2.24) is 15.5 Å². The van der Waals surface area contributed by atoms with Crippen molar-refractivity contribution in [3.63, 3.8) is 0 Å². The second kappa shape index (κ2) is 13.6. The minimum Gasteiger partial charge on any atom is -0.356 e. The number of hydrogen-bond donors (Lipinski definition) is 2. The summed E-state index contributed by atoms with van der Waals surface area (Å²) in [5, 5.41) is 6.71. The lowest BCUT2D eigenvalue weighted by molar-refractivity contribution is 0.296. The topological polar surface area (TPSA) is 39.7 Å². The maximum Gasteiger partial charge on any atom is 0.191 e. The zero-order valence-electron chi connectivity index (χ0n) is 15.1. The molecule has 0 fully saturated rings. The first kappa shape index (κ1) is 22.2. The molecule has 0 saturated carbocycles. The zero-order valence-corrected chi connectivity index (χ0v) is 17.4. The number of benzene rings is 1. The van der Waals surface area contributed by atoms with E-state index in [1.165, 1.54) is 24.0 Å². The molecule has 1 aromatic carbocycles. The van der Waals surface area contributed by atoms with Crippen LogP contribution in [0.5, 0.6) is 0 Å². The van der Waals surface area contributed by atoms with E-state index >= 15 is 0 Å². The van der Waals surface area contributed by atoms with Crippen molar-refractivity contribution in [1.29, 1.82) is 0 Å². The predicted octanol–water partition coefficient (Wildman–Crippen LogP) is 3.61. The van der Waals surface area contributed by atoms with Crippen LogP contribution in [0.1, 0.15) is 44.7 Å². The molecular formula is C18H33IN4. The summed E-state index contributed by atoms with van der Waals surface area (Å²) in [6.07, 6.45) is 2.36. The van der Waals surface area contributed by atoms with Crippen molar-refractivity contribution in [3.05, 3.63) is 35.4 Å². The van der Waals surface area contributed by atoms with E-state index in [0.29, 0.717) is 0 Å². The molecule has 0 atom stereocenters. The van der Waals surface area contributed by atoms with Gasteiger partial charge in [-0.15, -0.1) is 24.0 Å². The molecule has 0 aromatic heterocycles. The Kier molecular flexibility index (Phi) is 13.1. The van der Waals surface area contributed by atoms with Crippen LogP contribution in [0, 0.1) is 0 Å². The summed E-state index contributed by atoms with van der Waals surface area (Å²) in [4.78, 5) is 6.69. The van der Waals surface area contributed by atoms with E-state index in [1.807, 2.05) is 7.05 Å². The van der Waals surface area contributed by atoms with Gasteiger partial charge in [-0.3, -0.25) is 9.89 Å². The molecule has 23 heavy (non-hydrogen) atoms. The fourth-order valence-corrected chi connectivity index (χ4v) is 2.33. The predicted molar refractivity (Wildman–Crippen MR) is 112 cm³/mol. The van der Waals surface area contributed by atoms with Gasteiger partial charge in [0, 0.05) is 26.7 Å². The average molecular weight is 432 g/mol. The average Bonchev–Trinajstić information content (AvgIpc) is 2.56. The minimum absolute atomic E-state index is 0. The van der Waals surface area contributed by atoms with Crippen molar-refractivity contribution in [3.8, 4) is 0 Å². The second-order valence-corrected chi connectivity index (χ2v) is 5.49. The Morgan fingerprint density at radius 2 is 1.78 bits per heavy atom. The highest BCUT2D eigenvalue weighted by Crippen LogP contribution is 2.08. The molecule has 0 radical (unpaired) electrons. The van der Waals surface area contributed by atoms with Crippen molar-refractivity contribution in [2.45, 2.75) is 46.7 Å². The Labute approximate surface area is 159 Å². The lowest BCUT2D eigenvalue weighted by Crippen LogP contribution is -2.37. The largest absolute Gasteiger partial charge is 0.356 e. The fraction of sp³-hybridized carbons (Fsp3) is 0.611. The van der Waals surface area contributed by atoms with Crippen molar-refractivity contribution < 1.29 is 0 Å². The number of halogens is 1. The summed E-state index contributed by atoms with van der Waals surface area (Å²) in [6.45, 7) is 11.6. The molecule has 0 aliphatic heterocycles. The molecule has 0 heterocycles. The fourth-order valence-electron chi connectivity index (χ4n) is 2.33. The first-order valence-corrected chi connectivity index (χ1v) is 8.48. The molecule has 4 nitrogen and oxygen atoms in total. The number of unbranched alkanes of at least 4 members (excludes halogenated alkanes) is 1. The number of rotatable bonds is 9. The van der Waals surface area contributed by atoms with E-state index in [4.69, 9.17) is 0 Å². The van der Waals surface area contributed by atoms with Crippen LogP contribution in [0.4, 0.5) is 0 Å². The molecule has 0 aliphatic carbocycles. The van der Waals surface area contributed by atoms with Gasteiger partial charge < -0.3 is 10.6 Å². The monoisotopic (exact) mass is 432 g/mol. The summed E-state index contributed by atoms with van der Waals surface area (Å²) >= 11 is 0. The third kappa shape index (κ3) is 9.15. The van der Waals surface area contributed by atoms with Gasteiger partial charge in [0.05, 0.1) is 0 Å². The first-order valence-electron chi connectivity index (χ1n) is 8.48. The molecule has 2 N–H and O–H groups in total. The first-order chi connectivity index (χ1) is 10.7. The maximum absolute atomic E-state index is 4.26. The SMILES string of the molecule is CCCCNC(=NC)NCc1cccc(CN(CC)CC)c1.I. The Bertz CT molecular complexity index is 444. The Hall–Kier alpha value is -0.820. The number of guanidine groups is 1. The molecule has 0 amide bonds. The third-order valence-corrected chi connectivity index (χ3v) is 3.80. The van der Waals surface area contributed by atoms with E-state index < -0.39 is 0 Å². The second-order valence-electron chi connectivity index (χ2n) is 5.49. The van der Waals surface area contributed by atoms with Gasteiger partial charge in [-0.1, -0.05) is 51.5 Å². The van der Waals surface area contributed by atoms with E-state index in [2.05, 4.69) is 65.6 Å². The molecule has 5 heteroatoms. The lowest BCUT2D eigenvalue weighted by atomic mass is 10.1. The van der Waals surface area contributed by atoms with Gasteiger partial charge in [0.25, 0.3) is 0 Å². The highest BCUT2D eigenvalue weighted by atomic mass is 127. The number of aliphatic imine (C=N–C) groups is 1. The van der Waals surface area contributed by atoms with Gasteiger partial charge >= 0.3 is 0 Å². The number of nitrogens with zero attached hydrogens (tertiary/aromatic N) is 2. The maximum atomic E-state index is 4.26. The van der Waals surface area contributed by atoms with Crippen LogP contribution in [0.25, 0.3) is 0 Å². The third-order valence-electron chi connectivity index (χ3n) is 3.80. The Morgan fingerprint density at radius 1 is 1.09 bits per heavy atom. The summed E-state index contributed by atoms with van der Waals surface area (Å²) in [6, 6.07) is 8.79. The van der Waals surface area contributed by atoms with Gasteiger partial charge in [-0.25, -0.2) is 0 Å². The summed E-state index contributed by atoms with van der Waals surface area (Å²) in [5.41, 5.74) is 2.67. The van der Waals surface area contributed by atoms with E-state index in [1.54, 1.807) is 0 Å². The molecule has 0 spiro atoms. The summed E-state index contributed by atoms with van der Waals surface area (Å²) in [7, 11) is 1.82. The zero-order chi connectivity index (χ0) is 16.2. The van der Waals surface area contributed by atoms with E-state index in [0.717, 1.165) is 38.7 Å². The van der Waals surface area contributed by atoms with Crippen LogP contribution < -0.4 is 10.6 Å². The molecular weight excluding hydrogens is 399 g/mol. The highest BCUT2D eigenvalue weighted by Gasteiger charge is 2.03. The molecule has 0 aliphatic rings. The van der Waals surface area contributed by atoms with E-state index in [9.17, 15) is 0 Å². The Morgan fingerprint density at radius 3 is 2.39 bits per heavy atom. The number of nitrogens with one attached hydrogen (secondary N) is 2. The molecule has 132 valence electrons. The van der Waals surface area contributed by atoms with Crippen LogP contribution in [0.3, 0.4) is 0 Å². The van der Waals surface area contributed by atoms with Gasteiger partial charge in [-0.2, -0.15) is 0 Å². The highest BCUT2D eigenvalue weighted by molar-refractivity contribution is 14.0.